The van der Waals surface area contributed by atoms with Gasteiger partial charge in [-0.05, 0) is 14.0 Å². The van der Waals surface area contributed by atoms with Crippen molar-refractivity contribution in [1.82, 2.24) is 13.9 Å². The van der Waals surface area contributed by atoms with Gasteiger partial charge in [0.15, 0.2) is 0 Å². The highest BCUT2D eigenvalue weighted by Gasteiger charge is 2.33. The van der Waals surface area contributed by atoms with E-state index in [-0.39, 0.29) is 26.2 Å². The Morgan fingerprint density at radius 3 is 1.89 bits per heavy atom. The minimum atomic E-state index is -3.34. The van der Waals surface area contributed by atoms with Crippen molar-refractivity contribution in [2.75, 3.05) is 46.0 Å². The first-order chi connectivity index (χ1) is 8.19. The Bertz CT molecular complexity index is 466. The molecule has 0 aromatic heterocycles. The summed E-state index contributed by atoms with van der Waals surface area (Å²) in [5, 5.41) is 2.33. The Hall–Kier alpha value is -0.220. The van der Waals surface area contributed by atoms with Gasteiger partial charge in [0.05, 0.1) is 11.5 Å². The van der Waals surface area contributed by atoms with Crippen LogP contribution in [0.2, 0.25) is 0 Å². The summed E-state index contributed by atoms with van der Waals surface area (Å²) in [6.07, 6.45) is 1.14. The van der Waals surface area contributed by atoms with E-state index >= 15 is 0 Å². The van der Waals surface area contributed by atoms with Gasteiger partial charge < -0.3 is 5.32 Å². The maximum atomic E-state index is 12.1. The van der Waals surface area contributed by atoms with Crippen LogP contribution in [0.4, 0.5) is 0 Å². The van der Waals surface area contributed by atoms with Crippen molar-refractivity contribution < 1.29 is 16.8 Å². The van der Waals surface area contributed by atoms with Gasteiger partial charge in [-0.1, -0.05) is 0 Å². The average Bonchev–Trinajstić information content (AvgIpc) is 2.28. The molecule has 0 radical (unpaired) electrons. The van der Waals surface area contributed by atoms with Gasteiger partial charge in [-0.2, -0.15) is 8.61 Å². The summed E-state index contributed by atoms with van der Waals surface area (Å²) in [6.45, 7) is 2.94. The number of hydrogen-bond donors (Lipinski definition) is 1. The molecule has 0 aromatic carbocycles. The summed E-state index contributed by atoms with van der Waals surface area (Å²) in [5.41, 5.74) is 0. The molecule has 1 unspecified atom stereocenters. The second kappa shape index (κ2) is 5.83. The third-order valence-corrected chi connectivity index (χ3v) is 6.60. The molecule has 1 fully saturated rings. The van der Waals surface area contributed by atoms with Crippen LogP contribution in [-0.4, -0.2) is 76.7 Å². The molecule has 18 heavy (non-hydrogen) atoms. The Labute approximate surface area is 109 Å². The van der Waals surface area contributed by atoms with E-state index in [1.807, 2.05) is 0 Å². The quantitative estimate of drug-likeness (QED) is 0.668. The molecule has 0 aliphatic carbocycles. The van der Waals surface area contributed by atoms with E-state index in [0.29, 0.717) is 6.54 Å². The molecule has 1 aliphatic rings. The van der Waals surface area contributed by atoms with Crippen LogP contribution in [0.3, 0.4) is 0 Å². The molecular weight excluding hydrogens is 278 g/mol. The number of nitrogens with one attached hydrogen (secondary N) is 1. The second-order valence-electron chi connectivity index (χ2n) is 4.47. The van der Waals surface area contributed by atoms with E-state index in [0.717, 1.165) is 6.26 Å². The van der Waals surface area contributed by atoms with Crippen molar-refractivity contribution in [3.8, 4) is 0 Å². The van der Waals surface area contributed by atoms with Crippen LogP contribution < -0.4 is 5.32 Å². The number of hydrogen-bond acceptors (Lipinski definition) is 5. The van der Waals surface area contributed by atoms with Gasteiger partial charge in [-0.25, -0.2) is 16.8 Å². The SMILES string of the molecule is CNCC(C)S(=O)(=O)N1CCN(S(C)(=O)=O)CC1. The van der Waals surface area contributed by atoms with Gasteiger partial charge >= 0.3 is 0 Å². The lowest BCUT2D eigenvalue weighted by Gasteiger charge is -2.34. The molecule has 7 nitrogen and oxygen atoms in total. The topological polar surface area (TPSA) is 86.8 Å². The fourth-order valence-electron chi connectivity index (χ4n) is 1.90. The highest BCUT2D eigenvalue weighted by atomic mass is 32.2. The molecule has 108 valence electrons. The summed E-state index contributed by atoms with van der Waals surface area (Å²) < 4.78 is 49.6. The number of sulfonamides is 2. The Morgan fingerprint density at radius 2 is 1.50 bits per heavy atom. The van der Waals surface area contributed by atoms with Gasteiger partial charge in [-0.3, -0.25) is 0 Å². The van der Waals surface area contributed by atoms with E-state index in [4.69, 9.17) is 0 Å². The smallest absolute Gasteiger partial charge is 0.218 e. The number of nitrogens with zero attached hydrogens (tertiary/aromatic N) is 2. The molecule has 0 spiro atoms. The van der Waals surface area contributed by atoms with Gasteiger partial charge in [0.25, 0.3) is 0 Å². The maximum absolute atomic E-state index is 12.1. The molecule has 1 heterocycles. The lowest BCUT2D eigenvalue weighted by Crippen LogP contribution is -2.52. The van der Waals surface area contributed by atoms with Crippen molar-refractivity contribution in [2.24, 2.45) is 0 Å². The monoisotopic (exact) mass is 299 g/mol. The van der Waals surface area contributed by atoms with E-state index < -0.39 is 25.3 Å². The van der Waals surface area contributed by atoms with Crippen molar-refractivity contribution in [3.63, 3.8) is 0 Å². The van der Waals surface area contributed by atoms with Crippen LogP contribution in [0.5, 0.6) is 0 Å². The largest absolute Gasteiger partial charge is 0.318 e. The Balaban J connectivity index is 2.68. The summed E-state index contributed by atoms with van der Waals surface area (Å²) in [4.78, 5) is 0. The fraction of sp³-hybridized carbons (Fsp3) is 1.00. The summed E-state index contributed by atoms with van der Waals surface area (Å²) in [5.74, 6) is 0. The zero-order chi connectivity index (χ0) is 14.0. The summed E-state index contributed by atoms with van der Waals surface area (Å²) in [6, 6.07) is 0. The van der Waals surface area contributed by atoms with Gasteiger partial charge in [0.2, 0.25) is 20.0 Å². The molecular formula is C9H21N3O4S2. The Kier molecular flexibility index (Phi) is 5.13. The van der Waals surface area contributed by atoms with Crippen molar-refractivity contribution >= 4 is 20.0 Å². The summed E-state index contributed by atoms with van der Waals surface area (Å²) >= 11 is 0. The third kappa shape index (κ3) is 3.64. The lowest BCUT2D eigenvalue weighted by molar-refractivity contribution is 0.272. The van der Waals surface area contributed by atoms with E-state index in [1.54, 1.807) is 14.0 Å². The molecule has 1 rings (SSSR count). The second-order valence-corrected chi connectivity index (χ2v) is 8.81. The fourth-order valence-corrected chi connectivity index (χ4v) is 4.29. The maximum Gasteiger partial charge on any atom is 0.218 e. The molecule has 1 atom stereocenters. The number of piperazine rings is 1. The molecule has 1 N–H and O–H groups in total. The predicted molar refractivity (Wildman–Crippen MR) is 70.3 cm³/mol. The van der Waals surface area contributed by atoms with E-state index in [2.05, 4.69) is 5.32 Å². The van der Waals surface area contributed by atoms with Gasteiger partial charge in [0.1, 0.15) is 0 Å². The zero-order valence-corrected chi connectivity index (χ0v) is 12.6. The van der Waals surface area contributed by atoms with Gasteiger partial charge in [0, 0.05) is 32.7 Å². The molecule has 0 saturated carbocycles. The normalized spacial score (nSPS) is 21.9. The van der Waals surface area contributed by atoms with Gasteiger partial charge in [-0.15, -0.1) is 0 Å². The van der Waals surface area contributed by atoms with E-state index in [9.17, 15) is 16.8 Å². The first-order valence-electron chi connectivity index (χ1n) is 5.78. The van der Waals surface area contributed by atoms with Crippen LogP contribution >= 0.6 is 0 Å². The van der Waals surface area contributed by atoms with E-state index in [1.165, 1.54) is 8.61 Å². The first-order valence-corrected chi connectivity index (χ1v) is 9.13. The van der Waals surface area contributed by atoms with Crippen LogP contribution in [0.25, 0.3) is 0 Å². The highest BCUT2D eigenvalue weighted by molar-refractivity contribution is 7.89. The highest BCUT2D eigenvalue weighted by Crippen LogP contribution is 2.13. The van der Waals surface area contributed by atoms with Crippen LogP contribution in [0.15, 0.2) is 0 Å². The molecule has 0 bridgehead atoms. The third-order valence-electron chi connectivity index (χ3n) is 3.03. The minimum absolute atomic E-state index is 0.226. The zero-order valence-electron chi connectivity index (χ0n) is 11.0. The molecule has 9 heteroatoms. The average molecular weight is 299 g/mol. The number of rotatable bonds is 5. The molecule has 0 amide bonds. The van der Waals surface area contributed by atoms with Crippen LogP contribution in [0, 0.1) is 0 Å². The first kappa shape index (κ1) is 15.8. The van der Waals surface area contributed by atoms with Crippen molar-refractivity contribution in [3.05, 3.63) is 0 Å². The van der Waals surface area contributed by atoms with Crippen molar-refractivity contribution in [1.29, 1.82) is 0 Å². The van der Waals surface area contributed by atoms with Crippen molar-refractivity contribution in [2.45, 2.75) is 12.2 Å². The van der Waals surface area contributed by atoms with Crippen LogP contribution in [-0.2, 0) is 20.0 Å². The lowest BCUT2D eigenvalue weighted by atomic mass is 10.4. The standard InChI is InChI=1S/C9H21N3O4S2/c1-9(8-10-2)18(15,16)12-6-4-11(5-7-12)17(3,13)14/h9-10H,4-8H2,1-3H3. The molecule has 1 saturated heterocycles. The minimum Gasteiger partial charge on any atom is -0.318 e. The van der Waals surface area contributed by atoms with Crippen LogP contribution in [0.1, 0.15) is 6.92 Å². The Morgan fingerprint density at radius 1 is 1.06 bits per heavy atom. The molecule has 0 aromatic rings. The molecule has 1 aliphatic heterocycles. The summed E-state index contributed by atoms with van der Waals surface area (Å²) in [7, 11) is -4.87. The predicted octanol–water partition coefficient (Wildman–Crippen LogP) is -1.50.